The van der Waals surface area contributed by atoms with E-state index in [1.54, 1.807) is 0 Å². The number of ether oxygens (including phenoxy) is 1. The molecule has 1 fully saturated rings. The molecule has 1 aliphatic rings. The zero-order valence-electron chi connectivity index (χ0n) is 10.1. The van der Waals surface area contributed by atoms with Gasteiger partial charge in [0.15, 0.2) is 0 Å². The monoisotopic (exact) mass is 334 g/mol. The van der Waals surface area contributed by atoms with Crippen LogP contribution in [0.5, 0.6) is 5.75 Å². The molecule has 98 valence electrons. The minimum absolute atomic E-state index is 0.0390. The predicted molar refractivity (Wildman–Crippen MR) is 71.5 cm³/mol. The average Bonchev–Trinajstić information content (AvgIpc) is 2.34. The topological polar surface area (TPSA) is 26.3 Å². The second kappa shape index (κ2) is 4.82. The quantitative estimate of drug-likeness (QED) is 0.766. The first-order valence-electron chi connectivity index (χ1n) is 5.73. The van der Waals surface area contributed by atoms with Crippen LogP contribution in [0.15, 0.2) is 16.6 Å². The summed E-state index contributed by atoms with van der Waals surface area (Å²) in [5.74, 6) is 0.0494. The van der Waals surface area contributed by atoms with Gasteiger partial charge in [0, 0.05) is 12.5 Å². The number of carbonyl (C=O) groups is 1. The second-order valence-electron chi connectivity index (χ2n) is 4.70. The summed E-state index contributed by atoms with van der Waals surface area (Å²) in [5.41, 5.74) is -0.463. The molecule has 0 radical (unpaired) electrons. The number of Topliss-reactive ketones (excluding diaryl/α,β-unsaturated/α-hetero) is 1. The largest absolute Gasteiger partial charge is 0.488 e. The first-order valence-corrected chi connectivity index (χ1v) is 6.90. The lowest BCUT2D eigenvalue weighted by Gasteiger charge is -2.44. The van der Waals surface area contributed by atoms with Gasteiger partial charge >= 0.3 is 0 Å². The molecule has 0 amide bonds. The van der Waals surface area contributed by atoms with E-state index in [1.807, 2.05) is 13.8 Å². The molecule has 0 spiro atoms. The van der Waals surface area contributed by atoms with E-state index in [2.05, 4.69) is 15.9 Å². The Morgan fingerprint density at radius 2 is 2.28 bits per heavy atom. The summed E-state index contributed by atoms with van der Waals surface area (Å²) in [7, 11) is 0. The highest BCUT2D eigenvalue weighted by Gasteiger charge is 2.51. The van der Waals surface area contributed by atoms with Crippen LogP contribution in [0.3, 0.4) is 0 Å². The molecule has 0 heterocycles. The predicted octanol–water partition coefficient (Wildman–Crippen LogP) is 4.38. The summed E-state index contributed by atoms with van der Waals surface area (Å²) in [5, 5.41) is 0.0390. The van der Waals surface area contributed by atoms with Crippen molar-refractivity contribution in [2.75, 3.05) is 0 Å². The van der Waals surface area contributed by atoms with E-state index in [-0.39, 0.29) is 16.9 Å². The van der Waals surface area contributed by atoms with Gasteiger partial charge < -0.3 is 4.74 Å². The Labute approximate surface area is 119 Å². The molecule has 0 bridgehead atoms. The highest BCUT2D eigenvalue weighted by Crippen LogP contribution is 2.44. The van der Waals surface area contributed by atoms with E-state index < -0.39 is 11.2 Å². The lowest BCUT2D eigenvalue weighted by atomic mass is 9.64. The van der Waals surface area contributed by atoms with Gasteiger partial charge in [-0.25, -0.2) is 4.39 Å². The SMILES string of the molecule is CCC1(C)C(=O)CC1Oc1cc(F)c(Cl)cc1Br. The van der Waals surface area contributed by atoms with Crippen LogP contribution in [-0.4, -0.2) is 11.9 Å². The van der Waals surface area contributed by atoms with Gasteiger partial charge in [0.05, 0.1) is 14.9 Å². The van der Waals surface area contributed by atoms with Crippen LogP contribution in [0, 0.1) is 11.2 Å². The summed E-state index contributed by atoms with van der Waals surface area (Å²) >= 11 is 8.94. The van der Waals surface area contributed by atoms with E-state index in [0.29, 0.717) is 23.1 Å². The fraction of sp³-hybridized carbons (Fsp3) is 0.462. The Bertz CT molecular complexity index is 506. The van der Waals surface area contributed by atoms with Crippen molar-refractivity contribution in [2.45, 2.75) is 32.8 Å². The summed E-state index contributed by atoms with van der Waals surface area (Å²) in [6.45, 7) is 3.83. The molecule has 0 saturated heterocycles. The van der Waals surface area contributed by atoms with E-state index in [0.717, 1.165) is 0 Å². The van der Waals surface area contributed by atoms with Gasteiger partial charge in [-0.3, -0.25) is 4.79 Å². The van der Waals surface area contributed by atoms with Gasteiger partial charge in [0.1, 0.15) is 23.5 Å². The third kappa shape index (κ3) is 2.16. The zero-order valence-corrected chi connectivity index (χ0v) is 12.4. The molecule has 1 saturated carbocycles. The van der Waals surface area contributed by atoms with Crippen molar-refractivity contribution in [1.29, 1.82) is 0 Å². The molecule has 2 atom stereocenters. The van der Waals surface area contributed by atoms with Gasteiger partial charge in [-0.05, 0) is 35.3 Å². The Morgan fingerprint density at radius 1 is 1.61 bits per heavy atom. The molecule has 0 aromatic heterocycles. The standard InChI is InChI=1S/C13H13BrClFO2/c1-3-13(2)11(17)6-12(13)18-10-5-9(16)8(15)4-7(10)14/h4-5,12H,3,6H2,1-2H3. The Kier molecular flexibility index (Phi) is 3.70. The minimum atomic E-state index is -0.529. The van der Waals surface area contributed by atoms with Crippen LogP contribution in [-0.2, 0) is 4.79 Å². The molecular weight excluding hydrogens is 322 g/mol. The van der Waals surface area contributed by atoms with Crippen LogP contribution in [0.4, 0.5) is 4.39 Å². The van der Waals surface area contributed by atoms with Crippen molar-refractivity contribution in [2.24, 2.45) is 5.41 Å². The first-order chi connectivity index (χ1) is 8.38. The maximum absolute atomic E-state index is 13.4. The number of ketones is 1. The summed E-state index contributed by atoms with van der Waals surface area (Å²) in [4.78, 5) is 11.6. The van der Waals surface area contributed by atoms with Crippen molar-refractivity contribution in [3.63, 3.8) is 0 Å². The fourth-order valence-electron chi connectivity index (χ4n) is 2.02. The van der Waals surface area contributed by atoms with Crippen LogP contribution < -0.4 is 4.74 Å². The number of halogens is 3. The average molecular weight is 336 g/mol. The van der Waals surface area contributed by atoms with E-state index in [9.17, 15) is 9.18 Å². The molecule has 1 aromatic rings. The van der Waals surface area contributed by atoms with Gasteiger partial charge in [0.2, 0.25) is 0 Å². The van der Waals surface area contributed by atoms with Gasteiger partial charge in [-0.1, -0.05) is 18.5 Å². The molecule has 0 aliphatic heterocycles. The molecule has 2 nitrogen and oxygen atoms in total. The van der Waals surface area contributed by atoms with Crippen LogP contribution in [0.1, 0.15) is 26.7 Å². The van der Waals surface area contributed by atoms with Gasteiger partial charge in [-0.2, -0.15) is 0 Å². The highest BCUT2D eigenvalue weighted by molar-refractivity contribution is 9.10. The van der Waals surface area contributed by atoms with E-state index in [1.165, 1.54) is 12.1 Å². The first kappa shape index (κ1) is 13.8. The molecule has 2 rings (SSSR count). The number of rotatable bonds is 3. The molecule has 0 N–H and O–H groups in total. The second-order valence-corrected chi connectivity index (χ2v) is 5.96. The molecule has 1 aliphatic carbocycles. The molecule has 2 unspecified atom stereocenters. The van der Waals surface area contributed by atoms with Crippen molar-refractivity contribution in [3.8, 4) is 5.75 Å². The lowest BCUT2D eigenvalue weighted by Crippen LogP contribution is -2.54. The van der Waals surface area contributed by atoms with Gasteiger partial charge in [-0.15, -0.1) is 0 Å². The minimum Gasteiger partial charge on any atom is -0.488 e. The molecule has 1 aromatic carbocycles. The molecule has 5 heteroatoms. The summed E-state index contributed by atoms with van der Waals surface area (Å²) < 4.78 is 19.7. The fourth-order valence-corrected chi connectivity index (χ4v) is 2.75. The van der Waals surface area contributed by atoms with Crippen LogP contribution in [0.2, 0.25) is 5.02 Å². The molecule has 18 heavy (non-hydrogen) atoms. The Morgan fingerprint density at radius 3 is 2.83 bits per heavy atom. The summed E-state index contributed by atoms with van der Waals surface area (Å²) in [6, 6.07) is 2.70. The lowest BCUT2D eigenvalue weighted by molar-refractivity contribution is -0.150. The number of hydrogen-bond donors (Lipinski definition) is 0. The smallest absolute Gasteiger partial charge is 0.146 e. The van der Waals surface area contributed by atoms with E-state index >= 15 is 0 Å². The third-order valence-electron chi connectivity index (χ3n) is 3.70. The third-order valence-corrected chi connectivity index (χ3v) is 4.61. The van der Waals surface area contributed by atoms with Gasteiger partial charge in [0.25, 0.3) is 0 Å². The number of carbonyl (C=O) groups excluding carboxylic acids is 1. The molecular formula is C13H13BrClFO2. The number of hydrogen-bond acceptors (Lipinski definition) is 2. The zero-order chi connectivity index (χ0) is 13.5. The van der Waals surface area contributed by atoms with Crippen molar-refractivity contribution in [1.82, 2.24) is 0 Å². The maximum Gasteiger partial charge on any atom is 0.146 e. The highest BCUT2D eigenvalue weighted by atomic mass is 79.9. The van der Waals surface area contributed by atoms with E-state index in [4.69, 9.17) is 16.3 Å². The van der Waals surface area contributed by atoms with Crippen molar-refractivity contribution >= 4 is 33.3 Å². The number of benzene rings is 1. The van der Waals surface area contributed by atoms with Crippen molar-refractivity contribution < 1.29 is 13.9 Å². The van der Waals surface area contributed by atoms with Crippen LogP contribution >= 0.6 is 27.5 Å². The maximum atomic E-state index is 13.4. The van der Waals surface area contributed by atoms with Crippen molar-refractivity contribution in [3.05, 3.63) is 27.4 Å². The van der Waals surface area contributed by atoms with Crippen LogP contribution in [0.25, 0.3) is 0 Å². The Hall–Kier alpha value is -0.610. The Balaban J connectivity index is 2.21. The normalized spacial score (nSPS) is 26.9. The summed E-state index contributed by atoms with van der Waals surface area (Å²) in [6.07, 6.45) is 0.887.